The molecule has 0 radical (unpaired) electrons. The van der Waals surface area contributed by atoms with Crippen LogP contribution in [0, 0.1) is 17.1 Å². The SMILES string of the molecule is C[C@H](NC(=O)CN1C(=O)Nc2ccc(F)cc2C12CC2)c1ccc(C#N)nn1. The molecule has 2 heterocycles. The third kappa shape index (κ3) is 3.03. The van der Waals surface area contributed by atoms with E-state index < -0.39 is 11.6 Å². The number of anilines is 1. The van der Waals surface area contributed by atoms with E-state index in [0.717, 1.165) is 0 Å². The Balaban J connectivity index is 1.48. The Morgan fingerprint density at radius 1 is 1.39 bits per heavy atom. The van der Waals surface area contributed by atoms with E-state index in [4.69, 9.17) is 5.26 Å². The lowest BCUT2D eigenvalue weighted by molar-refractivity contribution is -0.123. The molecule has 3 amide bonds. The summed E-state index contributed by atoms with van der Waals surface area (Å²) in [5, 5.41) is 21.9. The van der Waals surface area contributed by atoms with Crippen LogP contribution in [0.1, 0.15) is 42.8 Å². The first-order valence-electron chi connectivity index (χ1n) is 8.85. The summed E-state index contributed by atoms with van der Waals surface area (Å²) in [6.45, 7) is 1.58. The van der Waals surface area contributed by atoms with Crippen molar-refractivity contribution in [1.82, 2.24) is 20.4 Å². The average molecular weight is 380 g/mol. The zero-order valence-electron chi connectivity index (χ0n) is 15.1. The smallest absolute Gasteiger partial charge is 0.323 e. The number of urea groups is 1. The minimum absolute atomic E-state index is 0.157. The van der Waals surface area contributed by atoms with Gasteiger partial charge in [0.05, 0.1) is 17.3 Å². The lowest BCUT2D eigenvalue weighted by Gasteiger charge is -2.37. The zero-order chi connectivity index (χ0) is 19.9. The van der Waals surface area contributed by atoms with E-state index in [2.05, 4.69) is 20.8 Å². The summed E-state index contributed by atoms with van der Waals surface area (Å²) in [4.78, 5) is 26.6. The molecule has 1 aliphatic heterocycles. The molecule has 28 heavy (non-hydrogen) atoms. The molecule has 1 aromatic carbocycles. The van der Waals surface area contributed by atoms with Crippen LogP contribution < -0.4 is 10.6 Å². The number of hydrogen-bond acceptors (Lipinski definition) is 5. The first-order valence-corrected chi connectivity index (χ1v) is 8.85. The first kappa shape index (κ1) is 17.9. The number of halogens is 1. The predicted octanol–water partition coefficient (Wildman–Crippen LogP) is 2.20. The number of fused-ring (bicyclic) bond motifs is 2. The summed E-state index contributed by atoms with van der Waals surface area (Å²) in [5.74, 6) is -0.737. The topological polar surface area (TPSA) is 111 Å². The normalized spacial score (nSPS) is 17.3. The second-order valence-corrected chi connectivity index (χ2v) is 6.98. The summed E-state index contributed by atoms with van der Waals surface area (Å²) >= 11 is 0. The number of rotatable bonds is 4. The molecule has 0 saturated heterocycles. The lowest BCUT2D eigenvalue weighted by atomic mass is 9.98. The van der Waals surface area contributed by atoms with Gasteiger partial charge in [0, 0.05) is 11.3 Å². The highest BCUT2D eigenvalue weighted by atomic mass is 19.1. The molecular formula is C19H17FN6O2. The fourth-order valence-electron chi connectivity index (χ4n) is 3.55. The van der Waals surface area contributed by atoms with Crippen LogP contribution in [-0.4, -0.2) is 33.6 Å². The van der Waals surface area contributed by atoms with Crippen molar-refractivity contribution < 1.29 is 14.0 Å². The number of nitriles is 1. The van der Waals surface area contributed by atoms with Crippen molar-refractivity contribution in [2.24, 2.45) is 0 Å². The molecule has 2 N–H and O–H groups in total. The van der Waals surface area contributed by atoms with E-state index in [9.17, 15) is 14.0 Å². The van der Waals surface area contributed by atoms with Crippen LogP contribution in [0.15, 0.2) is 30.3 Å². The van der Waals surface area contributed by atoms with Crippen LogP contribution in [0.3, 0.4) is 0 Å². The van der Waals surface area contributed by atoms with Gasteiger partial charge in [-0.25, -0.2) is 9.18 Å². The predicted molar refractivity (Wildman–Crippen MR) is 96.3 cm³/mol. The Hall–Kier alpha value is -3.54. The number of nitrogens with zero attached hydrogens (tertiary/aromatic N) is 4. The first-order chi connectivity index (χ1) is 13.4. The molecular weight excluding hydrogens is 363 g/mol. The number of benzene rings is 1. The van der Waals surface area contributed by atoms with E-state index in [1.54, 1.807) is 19.1 Å². The fourth-order valence-corrected chi connectivity index (χ4v) is 3.55. The molecule has 142 valence electrons. The highest BCUT2D eigenvalue weighted by molar-refractivity contribution is 5.96. The van der Waals surface area contributed by atoms with Crippen molar-refractivity contribution in [2.45, 2.75) is 31.3 Å². The van der Waals surface area contributed by atoms with Gasteiger partial charge in [0.2, 0.25) is 5.91 Å². The monoisotopic (exact) mass is 380 g/mol. The van der Waals surface area contributed by atoms with Gasteiger partial charge in [-0.15, -0.1) is 5.10 Å². The quantitative estimate of drug-likeness (QED) is 0.845. The number of carbonyl (C=O) groups is 2. The van der Waals surface area contributed by atoms with Gasteiger partial charge < -0.3 is 15.5 Å². The molecule has 1 spiro atoms. The van der Waals surface area contributed by atoms with Crippen LogP contribution in [0.2, 0.25) is 0 Å². The van der Waals surface area contributed by atoms with Gasteiger partial charge in [-0.3, -0.25) is 4.79 Å². The van der Waals surface area contributed by atoms with Crippen LogP contribution >= 0.6 is 0 Å². The Morgan fingerprint density at radius 2 is 2.18 bits per heavy atom. The van der Waals surface area contributed by atoms with E-state index >= 15 is 0 Å². The van der Waals surface area contributed by atoms with Crippen molar-refractivity contribution in [3.63, 3.8) is 0 Å². The average Bonchev–Trinajstić information content (AvgIpc) is 3.47. The van der Waals surface area contributed by atoms with Gasteiger partial charge in [0.15, 0.2) is 5.69 Å². The van der Waals surface area contributed by atoms with Gasteiger partial charge in [-0.1, -0.05) is 0 Å². The van der Waals surface area contributed by atoms with Gasteiger partial charge in [0.25, 0.3) is 0 Å². The number of amides is 3. The van der Waals surface area contributed by atoms with Crippen molar-refractivity contribution in [2.75, 3.05) is 11.9 Å². The second-order valence-electron chi connectivity index (χ2n) is 6.98. The molecule has 0 unspecified atom stereocenters. The number of carbonyl (C=O) groups excluding carboxylic acids is 2. The van der Waals surface area contributed by atoms with E-state index in [0.29, 0.717) is 29.8 Å². The maximum absolute atomic E-state index is 13.7. The number of hydrogen-bond donors (Lipinski definition) is 2. The molecule has 1 saturated carbocycles. The fraction of sp³-hybridized carbons (Fsp3) is 0.316. The minimum Gasteiger partial charge on any atom is -0.346 e. The van der Waals surface area contributed by atoms with Gasteiger partial charge >= 0.3 is 6.03 Å². The minimum atomic E-state index is -0.630. The van der Waals surface area contributed by atoms with Crippen LogP contribution in [-0.2, 0) is 10.3 Å². The maximum atomic E-state index is 13.7. The summed E-state index contributed by atoms with van der Waals surface area (Å²) in [6.07, 6.45) is 1.36. The number of aromatic nitrogens is 2. The Labute approximate surface area is 160 Å². The third-order valence-corrected chi connectivity index (χ3v) is 5.13. The largest absolute Gasteiger partial charge is 0.346 e. The van der Waals surface area contributed by atoms with Crippen LogP contribution in [0.25, 0.3) is 0 Å². The Bertz CT molecular complexity index is 996. The summed E-state index contributed by atoms with van der Waals surface area (Å²) < 4.78 is 13.7. The summed E-state index contributed by atoms with van der Waals surface area (Å²) in [7, 11) is 0. The molecule has 9 heteroatoms. The van der Waals surface area contributed by atoms with E-state index in [1.165, 1.54) is 23.1 Å². The van der Waals surface area contributed by atoms with Crippen molar-refractivity contribution in [3.05, 3.63) is 53.1 Å². The summed E-state index contributed by atoms with van der Waals surface area (Å²) in [5.41, 5.74) is 1.35. The molecule has 1 fully saturated rings. The van der Waals surface area contributed by atoms with Crippen molar-refractivity contribution >= 4 is 17.6 Å². The lowest BCUT2D eigenvalue weighted by Crippen LogP contribution is -2.51. The van der Waals surface area contributed by atoms with E-state index in [-0.39, 0.29) is 30.0 Å². The van der Waals surface area contributed by atoms with Crippen molar-refractivity contribution in [1.29, 1.82) is 5.26 Å². The second kappa shape index (κ2) is 6.56. The Morgan fingerprint density at radius 3 is 2.82 bits per heavy atom. The third-order valence-electron chi connectivity index (χ3n) is 5.13. The maximum Gasteiger partial charge on any atom is 0.323 e. The molecule has 1 aromatic heterocycles. The molecule has 2 aromatic rings. The highest BCUT2D eigenvalue weighted by Crippen LogP contribution is 2.55. The zero-order valence-corrected chi connectivity index (χ0v) is 15.1. The molecule has 4 rings (SSSR count). The van der Waals surface area contributed by atoms with E-state index in [1.807, 2.05) is 6.07 Å². The van der Waals surface area contributed by atoms with Crippen LogP contribution in [0.4, 0.5) is 14.9 Å². The molecule has 8 nitrogen and oxygen atoms in total. The number of nitrogens with one attached hydrogen (secondary N) is 2. The van der Waals surface area contributed by atoms with Gasteiger partial charge in [0.1, 0.15) is 18.4 Å². The highest BCUT2D eigenvalue weighted by Gasteiger charge is 2.55. The molecule has 2 aliphatic rings. The Kier molecular flexibility index (Phi) is 4.19. The summed E-state index contributed by atoms with van der Waals surface area (Å²) in [6, 6.07) is 8.47. The van der Waals surface area contributed by atoms with Gasteiger partial charge in [-0.05, 0) is 50.1 Å². The van der Waals surface area contributed by atoms with Gasteiger partial charge in [-0.2, -0.15) is 10.4 Å². The van der Waals surface area contributed by atoms with Crippen LogP contribution in [0.5, 0.6) is 0 Å². The molecule has 1 atom stereocenters. The molecule has 0 bridgehead atoms. The van der Waals surface area contributed by atoms with Crippen molar-refractivity contribution in [3.8, 4) is 6.07 Å². The standard InChI is InChI=1S/C19H17FN6O2/c1-11(15-5-3-13(9-21)24-25-15)22-17(27)10-26-18(28)23-16-4-2-12(20)8-14(16)19(26)6-7-19/h2-5,8,11H,6-7,10H2,1H3,(H,22,27)(H,23,28)/t11-/m0/s1. The molecule has 1 aliphatic carbocycles.